The van der Waals surface area contributed by atoms with Gasteiger partial charge < -0.3 is 15.4 Å². The minimum absolute atomic E-state index is 0.0102. The highest BCUT2D eigenvalue weighted by Crippen LogP contribution is 2.22. The van der Waals surface area contributed by atoms with E-state index < -0.39 is 5.82 Å². The number of carbonyl (C=O) groups excluding carboxylic acids is 1. The molecule has 0 aliphatic carbocycles. The summed E-state index contributed by atoms with van der Waals surface area (Å²) in [7, 11) is 1.39. The zero-order valence-electron chi connectivity index (χ0n) is 8.92. The quantitative estimate of drug-likeness (QED) is 0.805. The SMILES string of the molecule is COc1cc(NC(=O)C2CNC2)ccc1F. The Hall–Kier alpha value is -1.62. The van der Waals surface area contributed by atoms with E-state index >= 15 is 0 Å². The van der Waals surface area contributed by atoms with E-state index in [0.29, 0.717) is 18.8 Å². The highest BCUT2D eigenvalue weighted by atomic mass is 19.1. The number of hydrogen-bond acceptors (Lipinski definition) is 3. The number of nitrogens with one attached hydrogen (secondary N) is 2. The van der Waals surface area contributed by atoms with Gasteiger partial charge in [0, 0.05) is 24.8 Å². The van der Waals surface area contributed by atoms with E-state index in [-0.39, 0.29) is 17.6 Å². The van der Waals surface area contributed by atoms with Crippen LogP contribution in [0.15, 0.2) is 18.2 Å². The summed E-state index contributed by atoms with van der Waals surface area (Å²) in [6.45, 7) is 1.40. The summed E-state index contributed by atoms with van der Waals surface area (Å²) in [5, 5.41) is 5.73. The van der Waals surface area contributed by atoms with Crippen LogP contribution in [-0.4, -0.2) is 26.1 Å². The molecule has 1 aromatic carbocycles. The molecule has 0 saturated carbocycles. The van der Waals surface area contributed by atoms with Crippen LogP contribution in [-0.2, 0) is 4.79 Å². The maximum atomic E-state index is 13.1. The molecule has 4 nitrogen and oxygen atoms in total. The molecule has 0 radical (unpaired) electrons. The van der Waals surface area contributed by atoms with Crippen LogP contribution in [0.5, 0.6) is 5.75 Å². The Morgan fingerprint density at radius 1 is 1.56 bits per heavy atom. The number of benzene rings is 1. The van der Waals surface area contributed by atoms with Crippen molar-refractivity contribution < 1.29 is 13.9 Å². The normalized spacial score (nSPS) is 15.4. The summed E-state index contributed by atoms with van der Waals surface area (Å²) in [6, 6.07) is 4.26. The molecule has 0 spiro atoms. The first-order chi connectivity index (χ1) is 7.70. The molecule has 0 atom stereocenters. The third-order valence-corrected chi connectivity index (χ3v) is 2.57. The van der Waals surface area contributed by atoms with Gasteiger partial charge in [0.15, 0.2) is 11.6 Å². The number of anilines is 1. The number of methoxy groups -OCH3 is 1. The molecular weight excluding hydrogens is 211 g/mol. The molecule has 0 aromatic heterocycles. The number of carbonyl (C=O) groups is 1. The lowest BCUT2D eigenvalue weighted by Gasteiger charge is -2.25. The van der Waals surface area contributed by atoms with Crippen LogP contribution in [0.3, 0.4) is 0 Å². The smallest absolute Gasteiger partial charge is 0.230 e. The summed E-state index contributed by atoms with van der Waals surface area (Å²) < 4.78 is 17.9. The summed E-state index contributed by atoms with van der Waals surface area (Å²) >= 11 is 0. The first kappa shape index (κ1) is 10.9. The predicted octanol–water partition coefficient (Wildman–Crippen LogP) is 0.992. The monoisotopic (exact) mass is 224 g/mol. The summed E-state index contributed by atoms with van der Waals surface area (Å²) in [4.78, 5) is 11.6. The third-order valence-electron chi connectivity index (χ3n) is 2.57. The van der Waals surface area contributed by atoms with Crippen molar-refractivity contribution >= 4 is 11.6 Å². The molecule has 1 aliphatic rings. The second-order valence-electron chi connectivity index (χ2n) is 3.69. The van der Waals surface area contributed by atoms with Crippen molar-refractivity contribution in [3.8, 4) is 5.75 Å². The summed E-state index contributed by atoms with van der Waals surface area (Å²) in [5.41, 5.74) is 0.551. The molecule has 16 heavy (non-hydrogen) atoms. The van der Waals surface area contributed by atoms with E-state index in [0.717, 1.165) is 0 Å². The molecule has 86 valence electrons. The van der Waals surface area contributed by atoms with Crippen molar-refractivity contribution in [3.63, 3.8) is 0 Å². The van der Waals surface area contributed by atoms with Crippen LogP contribution in [0.1, 0.15) is 0 Å². The molecule has 1 heterocycles. The second kappa shape index (κ2) is 4.49. The van der Waals surface area contributed by atoms with Crippen molar-refractivity contribution in [1.82, 2.24) is 5.32 Å². The summed E-state index contributed by atoms with van der Waals surface area (Å²) in [6.07, 6.45) is 0. The van der Waals surface area contributed by atoms with E-state index in [1.165, 1.54) is 25.3 Å². The van der Waals surface area contributed by atoms with Gasteiger partial charge in [-0.3, -0.25) is 4.79 Å². The van der Waals surface area contributed by atoms with Crippen LogP contribution in [0, 0.1) is 11.7 Å². The Balaban J connectivity index is 2.06. The molecular formula is C11H13FN2O2. The van der Waals surface area contributed by atoms with Gasteiger partial charge in [0.05, 0.1) is 13.0 Å². The number of hydrogen-bond donors (Lipinski definition) is 2. The van der Waals surface area contributed by atoms with Gasteiger partial charge in [0.2, 0.25) is 5.91 Å². The molecule has 5 heteroatoms. The number of rotatable bonds is 3. The lowest BCUT2D eigenvalue weighted by molar-refractivity contribution is -0.121. The molecule has 1 saturated heterocycles. The number of halogens is 1. The van der Waals surface area contributed by atoms with Crippen molar-refractivity contribution in [2.45, 2.75) is 0 Å². The van der Waals surface area contributed by atoms with Gasteiger partial charge in [-0.1, -0.05) is 0 Å². The number of ether oxygens (including phenoxy) is 1. The van der Waals surface area contributed by atoms with Crippen molar-refractivity contribution in [2.75, 3.05) is 25.5 Å². The molecule has 1 aliphatic heterocycles. The fourth-order valence-electron chi connectivity index (χ4n) is 1.46. The first-order valence-corrected chi connectivity index (χ1v) is 5.06. The standard InChI is InChI=1S/C11H13FN2O2/c1-16-10-4-8(2-3-9(10)12)14-11(15)7-5-13-6-7/h2-4,7,13H,5-6H2,1H3,(H,14,15). The lowest BCUT2D eigenvalue weighted by Crippen LogP contribution is -2.48. The second-order valence-corrected chi connectivity index (χ2v) is 3.69. The van der Waals surface area contributed by atoms with Crippen LogP contribution >= 0.6 is 0 Å². The maximum Gasteiger partial charge on any atom is 0.230 e. The van der Waals surface area contributed by atoms with Crippen LogP contribution in [0.2, 0.25) is 0 Å². The fourth-order valence-corrected chi connectivity index (χ4v) is 1.46. The van der Waals surface area contributed by atoms with E-state index in [1.807, 2.05) is 0 Å². The molecule has 0 unspecified atom stereocenters. The van der Waals surface area contributed by atoms with Crippen molar-refractivity contribution in [3.05, 3.63) is 24.0 Å². The van der Waals surface area contributed by atoms with Crippen LogP contribution < -0.4 is 15.4 Å². The Labute approximate surface area is 92.8 Å². The predicted molar refractivity (Wildman–Crippen MR) is 57.9 cm³/mol. The Morgan fingerprint density at radius 2 is 2.31 bits per heavy atom. The van der Waals surface area contributed by atoms with E-state index in [9.17, 15) is 9.18 Å². The molecule has 2 N–H and O–H groups in total. The van der Waals surface area contributed by atoms with Gasteiger partial charge in [0.25, 0.3) is 0 Å². The Morgan fingerprint density at radius 3 is 2.88 bits per heavy atom. The Bertz CT molecular complexity index is 405. The molecule has 1 fully saturated rings. The topological polar surface area (TPSA) is 50.4 Å². The third kappa shape index (κ3) is 2.14. The average Bonchev–Trinajstić information content (AvgIpc) is 2.18. The fraction of sp³-hybridized carbons (Fsp3) is 0.364. The van der Waals surface area contributed by atoms with Gasteiger partial charge in [0.1, 0.15) is 0 Å². The summed E-state index contributed by atoms with van der Waals surface area (Å²) in [5.74, 6) is -0.348. The molecule has 1 aromatic rings. The van der Waals surface area contributed by atoms with Crippen molar-refractivity contribution in [1.29, 1.82) is 0 Å². The highest BCUT2D eigenvalue weighted by Gasteiger charge is 2.24. The molecule has 2 rings (SSSR count). The molecule has 1 amide bonds. The average molecular weight is 224 g/mol. The minimum Gasteiger partial charge on any atom is -0.494 e. The maximum absolute atomic E-state index is 13.1. The van der Waals surface area contributed by atoms with E-state index in [1.54, 1.807) is 0 Å². The highest BCUT2D eigenvalue weighted by molar-refractivity contribution is 5.93. The zero-order chi connectivity index (χ0) is 11.5. The molecule has 0 bridgehead atoms. The Kier molecular flexibility index (Phi) is 3.05. The van der Waals surface area contributed by atoms with Gasteiger partial charge in [-0.05, 0) is 12.1 Å². The van der Waals surface area contributed by atoms with E-state index in [2.05, 4.69) is 10.6 Å². The van der Waals surface area contributed by atoms with Crippen molar-refractivity contribution in [2.24, 2.45) is 5.92 Å². The minimum atomic E-state index is -0.439. The lowest BCUT2D eigenvalue weighted by atomic mass is 10.0. The van der Waals surface area contributed by atoms with Gasteiger partial charge >= 0.3 is 0 Å². The van der Waals surface area contributed by atoms with Gasteiger partial charge in [-0.15, -0.1) is 0 Å². The van der Waals surface area contributed by atoms with Gasteiger partial charge in [-0.25, -0.2) is 4.39 Å². The van der Waals surface area contributed by atoms with Gasteiger partial charge in [-0.2, -0.15) is 0 Å². The number of amides is 1. The first-order valence-electron chi connectivity index (χ1n) is 5.06. The van der Waals surface area contributed by atoms with E-state index in [4.69, 9.17) is 4.74 Å². The van der Waals surface area contributed by atoms with Crippen LogP contribution in [0.4, 0.5) is 10.1 Å². The van der Waals surface area contributed by atoms with Crippen LogP contribution in [0.25, 0.3) is 0 Å². The zero-order valence-corrected chi connectivity index (χ0v) is 8.92. The largest absolute Gasteiger partial charge is 0.494 e.